The number of fused-ring (bicyclic) bond motifs is 3. The van der Waals surface area contributed by atoms with E-state index in [4.69, 9.17) is 0 Å². The molecule has 3 aromatic rings. The highest BCUT2D eigenvalue weighted by atomic mass is 32.1. The van der Waals surface area contributed by atoms with E-state index in [-0.39, 0.29) is 11.9 Å². The third-order valence-electron chi connectivity index (χ3n) is 6.31. The van der Waals surface area contributed by atoms with Gasteiger partial charge in [0.15, 0.2) is 5.69 Å². The lowest BCUT2D eigenvalue weighted by atomic mass is 9.82. The molecule has 6 heteroatoms. The van der Waals surface area contributed by atoms with E-state index >= 15 is 0 Å². The maximum absolute atomic E-state index is 13.0. The van der Waals surface area contributed by atoms with E-state index in [0.717, 1.165) is 29.3 Å². The fourth-order valence-electron chi connectivity index (χ4n) is 4.78. The number of hydrogen-bond acceptors (Lipinski definition) is 4. The SMILES string of the molecule is CN1C2CCCC1CC(NC(=O)c1n[nH]c3ccc(-c4ccsc4)cc13)C2. The van der Waals surface area contributed by atoms with Gasteiger partial charge in [-0.3, -0.25) is 9.89 Å². The zero-order chi connectivity index (χ0) is 18.4. The highest BCUT2D eigenvalue weighted by Gasteiger charge is 2.36. The van der Waals surface area contributed by atoms with Crippen LogP contribution in [0.15, 0.2) is 35.0 Å². The number of nitrogens with one attached hydrogen (secondary N) is 2. The van der Waals surface area contributed by atoms with Gasteiger partial charge in [-0.15, -0.1) is 0 Å². The Labute approximate surface area is 162 Å². The van der Waals surface area contributed by atoms with Gasteiger partial charge in [0.25, 0.3) is 5.91 Å². The molecule has 2 fully saturated rings. The lowest BCUT2D eigenvalue weighted by Crippen LogP contribution is -2.55. The van der Waals surface area contributed by atoms with E-state index in [0.29, 0.717) is 17.8 Å². The highest BCUT2D eigenvalue weighted by Crippen LogP contribution is 2.33. The number of rotatable bonds is 3. The zero-order valence-corrected chi connectivity index (χ0v) is 16.3. The predicted molar refractivity (Wildman–Crippen MR) is 109 cm³/mol. The quantitative estimate of drug-likeness (QED) is 0.721. The number of hydrogen-bond donors (Lipinski definition) is 2. The Bertz CT molecular complexity index is 950. The minimum atomic E-state index is -0.0589. The number of aromatic amines is 1. The highest BCUT2D eigenvalue weighted by molar-refractivity contribution is 7.08. The molecule has 1 amide bonds. The van der Waals surface area contributed by atoms with Gasteiger partial charge in [-0.05, 0) is 72.8 Å². The summed E-state index contributed by atoms with van der Waals surface area (Å²) >= 11 is 1.68. The van der Waals surface area contributed by atoms with Crippen LogP contribution in [0.5, 0.6) is 0 Å². The van der Waals surface area contributed by atoms with Gasteiger partial charge < -0.3 is 10.2 Å². The molecule has 2 unspecified atom stereocenters. The second-order valence-electron chi connectivity index (χ2n) is 7.89. The van der Waals surface area contributed by atoms with Gasteiger partial charge >= 0.3 is 0 Å². The molecule has 2 aliphatic rings. The third-order valence-corrected chi connectivity index (χ3v) is 6.99. The van der Waals surface area contributed by atoms with E-state index in [1.54, 1.807) is 11.3 Å². The number of carbonyl (C=O) groups is 1. The van der Waals surface area contributed by atoms with Gasteiger partial charge in [-0.1, -0.05) is 12.5 Å². The van der Waals surface area contributed by atoms with Crippen molar-refractivity contribution in [3.8, 4) is 11.1 Å². The van der Waals surface area contributed by atoms with Gasteiger partial charge in [0.05, 0.1) is 5.52 Å². The van der Waals surface area contributed by atoms with E-state index in [2.05, 4.69) is 56.4 Å². The number of H-pyrrole nitrogens is 1. The number of piperidine rings is 2. The van der Waals surface area contributed by atoms with Crippen molar-refractivity contribution >= 4 is 28.1 Å². The van der Waals surface area contributed by atoms with E-state index in [1.165, 1.54) is 24.8 Å². The van der Waals surface area contributed by atoms with Crippen LogP contribution in [0.3, 0.4) is 0 Å². The van der Waals surface area contributed by atoms with Crippen LogP contribution in [0.1, 0.15) is 42.6 Å². The maximum Gasteiger partial charge on any atom is 0.272 e. The fraction of sp³-hybridized carbons (Fsp3) is 0.429. The first kappa shape index (κ1) is 17.0. The summed E-state index contributed by atoms with van der Waals surface area (Å²) in [5.74, 6) is -0.0589. The van der Waals surface area contributed by atoms with Gasteiger partial charge in [0, 0.05) is 23.5 Å². The van der Waals surface area contributed by atoms with Crippen molar-refractivity contribution in [1.82, 2.24) is 20.4 Å². The number of thiophene rings is 1. The molecule has 0 saturated carbocycles. The molecule has 1 aromatic carbocycles. The van der Waals surface area contributed by atoms with Crippen LogP contribution in [-0.4, -0.2) is 46.2 Å². The molecule has 5 rings (SSSR count). The average Bonchev–Trinajstić information content (AvgIpc) is 3.31. The molecule has 0 radical (unpaired) electrons. The smallest absolute Gasteiger partial charge is 0.272 e. The molecule has 2 N–H and O–H groups in total. The first-order valence-corrected chi connectivity index (χ1v) is 10.7. The number of benzene rings is 1. The van der Waals surface area contributed by atoms with Crippen molar-refractivity contribution in [3.63, 3.8) is 0 Å². The molecule has 4 heterocycles. The minimum absolute atomic E-state index is 0.0589. The zero-order valence-electron chi connectivity index (χ0n) is 15.4. The summed E-state index contributed by atoms with van der Waals surface area (Å²) in [5, 5.41) is 15.7. The largest absolute Gasteiger partial charge is 0.348 e. The summed E-state index contributed by atoms with van der Waals surface area (Å²) in [6.07, 6.45) is 5.89. The molecule has 2 aromatic heterocycles. The molecule has 2 atom stereocenters. The third kappa shape index (κ3) is 3.07. The van der Waals surface area contributed by atoms with Crippen LogP contribution >= 0.6 is 11.3 Å². The Balaban J connectivity index is 1.38. The second kappa shape index (κ2) is 6.77. The van der Waals surface area contributed by atoms with Crippen LogP contribution in [-0.2, 0) is 0 Å². The molecule has 2 bridgehead atoms. The van der Waals surface area contributed by atoms with E-state index in [1.807, 2.05) is 6.07 Å². The minimum Gasteiger partial charge on any atom is -0.348 e. The molecule has 0 aliphatic carbocycles. The summed E-state index contributed by atoms with van der Waals surface area (Å²) < 4.78 is 0. The Hall–Kier alpha value is -2.18. The van der Waals surface area contributed by atoms with Crippen LogP contribution in [0.4, 0.5) is 0 Å². The van der Waals surface area contributed by atoms with Crippen molar-refractivity contribution in [2.75, 3.05) is 7.05 Å². The molecule has 27 heavy (non-hydrogen) atoms. The van der Waals surface area contributed by atoms with Crippen LogP contribution < -0.4 is 5.32 Å². The number of nitrogens with zero attached hydrogens (tertiary/aromatic N) is 2. The molecule has 140 valence electrons. The fourth-order valence-corrected chi connectivity index (χ4v) is 5.45. The first-order valence-electron chi connectivity index (χ1n) is 9.72. The van der Waals surface area contributed by atoms with Gasteiger partial charge in [0.1, 0.15) is 0 Å². The second-order valence-corrected chi connectivity index (χ2v) is 8.67. The molecule has 2 saturated heterocycles. The molecular weight excluding hydrogens is 356 g/mol. The first-order chi connectivity index (χ1) is 13.2. The summed E-state index contributed by atoms with van der Waals surface area (Å²) in [5.41, 5.74) is 3.70. The Kier molecular flexibility index (Phi) is 4.25. The number of amides is 1. The lowest BCUT2D eigenvalue weighted by Gasteiger charge is -2.47. The molecule has 2 aliphatic heterocycles. The topological polar surface area (TPSA) is 61.0 Å². The summed E-state index contributed by atoms with van der Waals surface area (Å²) in [6, 6.07) is 9.69. The van der Waals surface area contributed by atoms with Crippen LogP contribution in [0, 0.1) is 0 Å². The molecule has 5 nitrogen and oxygen atoms in total. The molecule has 0 spiro atoms. The van der Waals surface area contributed by atoms with E-state index < -0.39 is 0 Å². The maximum atomic E-state index is 13.0. The van der Waals surface area contributed by atoms with Crippen molar-refractivity contribution in [2.24, 2.45) is 0 Å². The lowest BCUT2D eigenvalue weighted by molar-refractivity contribution is 0.0462. The summed E-state index contributed by atoms with van der Waals surface area (Å²) in [4.78, 5) is 15.5. The number of aromatic nitrogens is 2. The van der Waals surface area contributed by atoms with Crippen molar-refractivity contribution in [1.29, 1.82) is 0 Å². The Morgan fingerprint density at radius 1 is 1.22 bits per heavy atom. The van der Waals surface area contributed by atoms with Crippen LogP contribution in [0.25, 0.3) is 22.0 Å². The number of carbonyl (C=O) groups excluding carboxylic acids is 1. The predicted octanol–water partition coefficient (Wildman–Crippen LogP) is 4.04. The Morgan fingerprint density at radius 2 is 2.04 bits per heavy atom. The average molecular weight is 381 g/mol. The summed E-state index contributed by atoms with van der Waals surface area (Å²) in [6.45, 7) is 0. The summed E-state index contributed by atoms with van der Waals surface area (Å²) in [7, 11) is 2.24. The van der Waals surface area contributed by atoms with E-state index in [9.17, 15) is 4.79 Å². The van der Waals surface area contributed by atoms with Gasteiger partial charge in [0.2, 0.25) is 0 Å². The van der Waals surface area contributed by atoms with Crippen molar-refractivity contribution in [3.05, 3.63) is 40.7 Å². The van der Waals surface area contributed by atoms with Crippen molar-refractivity contribution in [2.45, 2.75) is 50.2 Å². The van der Waals surface area contributed by atoms with Crippen molar-refractivity contribution < 1.29 is 4.79 Å². The van der Waals surface area contributed by atoms with Gasteiger partial charge in [-0.25, -0.2) is 0 Å². The van der Waals surface area contributed by atoms with Crippen LogP contribution in [0.2, 0.25) is 0 Å². The normalized spacial score (nSPS) is 25.6. The standard InChI is InChI=1S/C21H24N4OS/c1-25-16-3-2-4-17(25)11-15(10-16)22-21(26)20-18-9-13(14-7-8-27-12-14)5-6-19(18)23-24-20/h5-9,12,15-17H,2-4,10-11H2,1H3,(H,22,26)(H,23,24). The van der Waals surface area contributed by atoms with Gasteiger partial charge in [-0.2, -0.15) is 16.4 Å². The molecular formula is C21H24N4OS. The monoisotopic (exact) mass is 380 g/mol. The Morgan fingerprint density at radius 3 is 2.78 bits per heavy atom.